The van der Waals surface area contributed by atoms with Crippen molar-refractivity contribution >= 4 is 17.3 Å². The van der Waals surface area contributed by atoms with Crippen LogP contribution in [0.4, 0.5) is 17.3 Å². The van der Waals surface area contributed by atoms with Gasteiger partial charge in [-0.3, -0.25) is 10.1 Å². The summed E-state index contributed by atoms with van der Waals surface area (Å²) in [6.07, 6.45) is 2.17. The van der Waals surface area contributed by atoms with Gasteiger partial charge in [-0.2, -0.15) is 0 Å². The van der Waals surface area contributed by atoms with Gasteiger partial charge in [-0.05, 0) is 25.8 Å². The van der Waals surface area contributed by atoms with Crippen molar-refractivity contribution < 1.29 is 9.66 Å². The summed E-state index contributed by atoms with van der Waals surface area (Å²) in [4.78, 5) is 15.0. The fraction of sp³-hybridized carbons (Fsp3) is 0.643. The fourth-order valence-corrected chi connectivity index (χ4v) is 2.61. The van der Waals surface area contributed by atoms with E-state index in [2.05, 4.69) is 22.5 Å². The second-order valence-electron chi connectivity index (χ2n) is 5.10. The van der Waals surface area contributed by atoms with E-state index >= 15 is 0 Å². The van der Waals surface area contributed by atoms with Gasteiger partial charge in [-0.15, -0.1) is 0 Å². The molecule has 2 N–H and O–H groups in total. The lowest BCUT2D eigenvalue weighted by Gasteiger charge is -2.17. The maximum Gasteiger partial charge on any atom is 0.311 e. The van der Waals surface area contributed by atoms with E-state index in [0.717, 1.165) is 26.0 Å². The molecular formula is C14H22N4O3. The molecule has 1 saturated heterocycles. The Bertz CT molecular complexity index is 495. The van der Waals surface area contributed by atoms with E-state index in [1.165, 1.54) is 6.07 Å². The number of anilines is 2. The van der Waals surface area contributed by atoms with Crippen molar-refractivity contribution in [2.45, 2.75) is 32.8 Å². The average Bonchev–Trinajstić information content (AvgIpc) is 2.92. The van der Waals surface area contributed by atoms with Gasteiger partial charge in [-0.25, -0.2) is 4.98 Å². The Hall–Kier alpha value is -1.89. The highest BCUT2D eigenvalue weighted by atomic mass is 16.6. The van der Waals surface area contributed by atoms with Crippen LogP contribution in [0.5, 0.6) is 0 Å². The standard InChI is InChI=1S/C14H22N4O3/c1-3-12-10(7-8-21-12)9-16-14-11(18(19)20)5-6-13(17-14)15-4-2/h5-6,10,12H,3-4,7-9H2,1-2H3,(H2,15,16,17). The Morgan fingerprint density at radius 2 is 2.24 bits per heavy atom. The first kappa shape index (κ1) is 15.5. The first-order chi connectivity index (χ1) is 10.2. The Labute approximate surface area is 124 Å². The summed E-state index contributed by atoms with van der Waals surface area (Å²) >= 11 is 0. The highest BCUT2D eigenvalue weighted by Crippen LogP contribution is 2.27. The van der Waals surface area contributed by atoms with Gasteiger partial charge in [0.15, 0.2) is 0 Å². The van der Waals surface area contributed by atoms with Crippen LogP contribution in [0.25, 0.3) is 0 Å². The molecule has 1 aliphatic rings. The lowest BCUT2D eigenvalue weighted by Crippen LogP contribution is -2.23. The Kier molecular flexibility index (Phi) is 5.32. The largest absolute Gasteiger partial charge is 0.378 e. The quantitative estimate of drug-likeness (QED) is 0.593. The number of aromatic nitrogens is 1. The minimum absolute atomic E-state index is 0.00335. The van der Waals surface area contributed by atoms with Crippen LogP contribution in [0.1, 0.15) is 26.7 Å². The molecular weight excluding hydrogens is 272 g/mol. The molecule has 0 aliphatic carbocycles. The van der Waals surface area contributed by atoms with Crippen LogP contribution in [0.15, 0.2) is 12.1 Å². The molecule has 21 heavy (non-hydrogen) atoms. The topological polar surface area (TPSA) is 89.3 Å². The Morgan fingerprint density at radius 3 is 2.90 bits per heavy atom. The van der Waals surface area contributed by atoms with Crippen LogP contribution in [0.3, 0.4) is 0 Å². The summed E-state index contributed by atoms with van der Waals surface area (Å²) in [6.45, 7) is 6.17. The fourth-order valence-electron chi connectivity index (χ4n) is 2.61. The Morgan fingerprint density at radius 1 is 1.43 bits per heavy atom. The van der Waals surface area contributed by atoms with E-state index in [4.69, 9.17) is 4.74 Å². The predicted octanol–water partition coefficient (Wildman–Crippen LogP) is 2.65. The SMILES string of the molecule is CCNc1ccc([N+](=O)[O-])c(NCC2CCOC2CC)n1. The molecule has 116 valence electrons. The molecule has 1 aromatic rings. The highest BCUT2D eigenvalue weighted by molar-refractivity contribution is 5.60. The van der Waals surface area contributed by atoms with Gasteiger partial charge in [0.1, 0.15) is 5.82 Å². The highest BCUT2D eigenvalue weighted by Gasteiger charge is 2.27. The monoisotopic (exact) mass is 294 g/mol. The zero-order chi connectivity index (χ0) is 15.2. The van der Waals surface area contributed by atoms with Crippen LogP contribution in [-0.4, -0.2) is 35.7 Å². The minimum atomic E-state index is -0.409. The summed E-state index contributed by atoms with van der Waals surface area (Å²) < 4.78 is 5.64. The number of rotatable bonds is 7. The van der Waals surface area contributed by atoms with Gasteiger partial charge < -0.3 is 15.4 Å². The zero-order valence-electron chi connectivity index (χ0n) is 12.5. The van der Waals surface area contributed by atoms with Gasteiger partial charge >= 0.3 is 5.69 Å². The van der Waals surface area contributed by atoms with Gasteiger partial charge in [0.2, 0.25) is 5.82 Å². The summed E-state index contributed by atoms with van der Waals surface area (Å²) in [5.41, 5.74) is 0.00335. The second-order valence-corrected chi connectivity index (χ2v) is 5.10. The number of nitro groups is 1. The molecule has 0 saturated carbocycles. The molecule has 0 spiro atoms. The van der Waals surface area contributed by atoms with Gasteiger partial charge in [0, 0.05) is 31.7 Å². The Balaban J connectivity index is 2.09. The molecule has 1 aromatic heterocycles. The maximum absolute atomic E-state index is 11.1. The van der Waals surface area contributed by atoms with Gasteiger partial charge in [0.05, 0.1) is 11.0 Å². The molecule has 2 rings (SSSR count). The van der Waals surface area contributed by atoms with E-state index in [1.807, 2.05) is 6.92 Å². The lowest BCUT2D eigenvalue weighted by atomic mass is 10.00. The van der Waals surface area contributed by atoms with E-state index in [0.29, 0.717) is 24.1 Å². The van der Waals surface area contributed by atoms with Gasteiger partial charge in [-0.1, -0.05) is 6.92 Å². The van der Waals surface area contributed by atoms with Crippen LogP contribution < -0.4 is 10.6 Å². The van der Waals surface area contributed by atoms with Gasteiger partial charge in [0.25, 0.3) is 0 Å². The molecule has 2 atom stereocenters. The van der Waals surface area contributed by atoms with Crippen molar-refractivity contribution in [3.8, 4) is 0 Å². The summed E-state index contributed by atoms with van der Waals surface area (Å²) in [5.74, 6) is 1.33. The number of nitrogens with zero attached hydrogens (tertiary/aromatic N) is 2. The van der Waals surface area contributed by atoms with Crippen molar-refractivity contribution in [1.29, 1.82) is 0 Å². The molecule has 7 nitrogen and oxygen atoms in total. The number of pyridine rings is 1. The van der Waals surface area contributed by atoms with Crippen molar-refractivity contribution in [2.75, 3.05) is 30.3 Å². The number of nitrogens with one attached hydrogen (secondary N) is 2. The second kappa shape index (κ2) is 7.21. The normalized spacial score (nSPS) is 21.2. The molecule has 0 bridgehead atoms. The molecule has 2 heterocycles. The van der Waals surface area contributed by atoms with E-state index < -0.39 is 4.92 Å². The minimum Gasteiger partial charge on any atom is -0.378 e. The van der Waals surface area contributed by atoms with Crippen molar-refractivity contribution in [3.63, 3.8) is 0 Å². The third-order valence-electron chi connectivity index (χ3n) is 3.71. The molecule has 0 aromatic carbocycles. The smallest absolute Gasteiger partial charge is 0.311 e. The lowest BCUT2D eigenvalue weighted by molar-refractivity contribution is -0.384. The average molecular weight is 294 g/mol. The summed E-state index contributed by atoms with van der Waals surface area (Å²) in [7, 11) is 0. The maximum atomic E-state index is 11.1. The van der Waals surface area contributed by atoms with E-state index in [1.54, 1.807) is 6.07 Å². The number of hydrogen-bond donors (Lipinski definition) is 2. The third-order valence-corrected chi connectivity index (χ3v) is 3.71. The van der Waals surface area contributed by atoms with E-state index in [-0.39, 0.29) is 11.8 Å². The van der Waals surface area contributed by atoms with Crippen LogP contribution in [-0.2, 0) is 4.74 Å². The van der Waals surface area contributed by atoms with Crippen molar-refractivity contribution in [2.24, 2.45) is 5.92 Å². The van der Waals surface area contributed by atoms with Crippen molar-refractivity contribution in [1.82, 2.24) is 4.98 Å². The summed E-state index contributed by atoms with van der Waals surface area (Å²) in [6, 6.07) is 3.11. The van der Waals surface area contributed by atoms with Crippen LogP contribution in [0, 0.1) is 16.0 Å². The van der Waals surface area contributed by atoms with Crippen molar-refractivity contribution in [3.05, 3.63) is 22.2 Å². The number of hydrogen-bond acceptors (Lipinski definition) is 6. The first-order valence-corrected chi connectivity index (χ1v) is 7.40. The molecule has 1 aliphatic heterocycles. The molecule has 0 amide bonds. The molecule has 1 fully saturated rings. The summed E-state index contributed by atoms with van der Waals surface area (Å²) in [5, 5.41) is 17.3. The number of ether oxygens (including phenoxy) is 1. The predicted molar refractivity (Wildman–Crippen MR) is 81.7 cm³/mol. The molecule has 0 radical (unpaired) electrons. The third kappa shape index (κ3) is 3.81. The zero-order valence-corrected chi connectivity index (χ0v) is 12.5. The van der Waals surface area contributed by atoms with Crippen LogP contribution in [0.2, 0.25) is 0 Å². The van der Waals surface area contributed by atoms with E-state index in [9.17, 15) is 10.1 Å². The van der Waals surface area contributed by atoms with Crippen LogP contribution >= 0.6 is 0 Å². The molecule has 2 unspecified atom stereocenters. The first-order valence-electron chi connectivity index (χ1n) is 7.40. The molecule has 7 heteroatoms.